The highest BCUT2D eigenvalue weighted by Gasteiger charge is 2.34. The maximum Gasteiger partial charge on any atom is 0.410 e. The molecule has 0 bridgehead atoms. The summed E-state index contributed by atoms with van der Waals surface area (Å²) in [6.07, 6.45) is 11.7. The van der Waals surface area contributed by atoms with Crippen molar-refractivity contribution in [2.45, 2.75) is 77.5 Å². The van der Waals surface area contributed by atoms with E-state index >= 15 is 0 Å². The molecule has 1 amide bonds. The van der Waals surface area contributed by atoms with Crippen LogP contribution in [-0.2, 0) is 11.3 Å². The number of carbonyl (C=O) groups excluding carboxylic acids is 1. The van der Waals surface area contributed by atoms with Crippen LogP contribution in [0, 0.1) is 5.92 Å². The summed E-state index contributed by atoms with van der Waals surface area (Å²) in [6.45, 7) is 8.62. The average molecular weight is 549 g/mol. The summed E-state index contributed by atoms with van der Waals surface area (Å²) in [5, 5.41) is 17.6. The van der Waals surface area contributed by atoms with E-state index in [-0.39, 0.29) is 12.1 Å². The summed E-state index contributed by atoms with van der Waals surface area (Å²) < 4.78 is 12.8. The minimum absolute atomic E-state index is 0.0825. The lowest BCUT2D eigenvalue weighted by Gasteiger charge is -2.39. The van der Waals surface area contributed by atoms with Crippen molar-refractivity contribution in [3.8, 4) is 17.0 Å². The van der Waals surface area contributed by atoms with E-state index in [4.69, 9.17) is 9.47 Å². The van der Waals surface area contributed by atoms with E-state index in [2.05, 4.69) is 30.4 Å². The highest BCUT2D eigenvalue weighted by molar-refractivity contribution is 5.68. The van der Waals surface area contributed by atoms with Gasteiger partial charge in [-0.15, -0.1) is 10.2 Å². The van der Waals surface area contributed by atoms with Crippen molar-refractivity contribution in [3.63, 3.8) is 0 Å². The molecule has 5 rings (SSSR count). The third kappa shape index (κ3) is 7.05. The van der Waals surface area contributed by atoms with Crippen LogP contribution in [0.1, 0.15) is 65.0 Å². The maximum absolute atomic E-state index is 13.3. The summed E-state index contributed by atoms with van der Waals surface area (Å²) in [7, 11) is 1.61. The predicted octanol–water partition coefficient (Wildman–Crippen LogP) is 4.58. The van der Waals surface area contributed by atoms with Gasteiger partial charge < -0.3 is 19.3 Å². The number of ether oxygens (including phenoxy) is 2. The van der Waals surface area contributed by atoms with Crippen LogP contribution < -0.4 is 9.64 Å². The van der Waals surface area contributed by atoms with Crippen molar-refractivity contribution in [1.29, 1.82) is 0 Å². The molecule has 1 aliphatic heterocycles. The number of rotatable bonds is 8. The Kier molecular flexibility index (Phi) is 8.46. The Bertz CT molecular complexity index is 1270. The summed E-state index contributed by atoms with van der Waals surface area (Å²) in [4.78, 5) is 21.7. The van der Waals surface area contributed by atoms with Gasteiger partial charge in [0.2, 0.25) is 0 Å². The van der Waals surface area contributed by atoms with Gasteiger partial charge in [0.25, 0.3) is 0 Å². The first-order valence-electron chi connectivity index (χ1n) is 14.2. The number of carbonyl (C=O) groups is 1. The lowest BCUT2D eigenvalue weighted by Crippen LogP contribution is -2.50. The van der Waals surface area contributed by atoms with Gasteiger partial charge in [-0.1, -0.05) is 11.6 Å². The van der Waals surface area contributed by atoms with Gasteiger partial charge in [0, 0.05) is 31.4 Å². The Hall–Kier alpha value is -3.76. The van der Waals surface area contributed by atoms with Crippen LogP contribution in [0.15, 0.2) is 36.8 Å². The molecule has 1 saturated carbocycles. The number of pyridine rings is 1. The number of nitrogens with zero attached hydrogens (tertiary/aromatic N) is 8. The van der Waals surface area contributed by atoms with Gasteiger partial charge in [-0.2, -0.15) is 5.10 Å². The van der Waals surface area contributed by atoms with Gasteiger partial charge in [0.15, 0.2) is 5.82 Å². The van der Waals surface area contributed by atoms with Crippen molar-refractivity contribution in [2.24, 2.45) is 5.92 Å². The topological polar surface area (TPSA) is 111 Å². The second-order valence-electron chi connectivity index (χ2n) is 11.8. The van der Waals surface area contributed by atoms with Crippen LogP contribution in [-0.4, -0.2) is 79.6 Å². The number of amides is 1. The van der Waals surface area contributed by atoms with Crippen LogP contribution in [0.3, 0.4) is 0 Å². The van der Waals surface area contributed by atoms with Crippen molar-refractivity contribution in [1.82, 2.24) is 35.1 Å². The number of hydrogen-bond donors (Lipinski definition) is 0. The summed E-state index contributed by atoms with van der Waals surface area (Å²) >= 11 is 0. The Labute approximate surface area is 235 Å². The summed E-state index contributed by atoms with van der Waals surface area (Å²) in [6, 6.07) is 5.95. The second-order valence-corrected chi connectivity index (χ2v) is 11.8. The Morgan fingerprint density at radius 2 is 1.93 bits per heavy atom. The molecule has 0 N–H and O–H groups in total. The molecule has 11 heteroatoms. The third-order valence-corrected chi connectivity index (χ3v) is 7.53. The van der Waals surface area contributed by atoms with Crippen LogP contribution >= 0.6 is 0 Å². The van der Waals surface area contributed by atoms with Gasteiger partial charge in [0.05, 0.1) is 37.8 Å². The van der Waals surface area contributed by atoms with Crippen molar-refractivity contribution in [2.75, 3.05) is 31.6 Å². The van der Waals surface area contributed by atoms with Gasteiger partial charge in [-0.25, -0.2) is 9.48 Å². The van der Waals surface area contributed by atoms with Crippen molar-refractivity contribution < 1.29 is 14.3 Å². The van der Waals surface area contributed by atoms with E-state index in [0.29, 0.717) is 23.9 Å². The number of aromatic nitrogens is 6. The number of methoxy groups -OCH3 is 1. The molecule has 11 nitrogen and oxygen atoms in total. The summed E-state index contributed by atoms with van der Waals surface area (Å²) in [5.41, 5.74) is 1.82. The molecule has 40 heavy (non-hydrogen) atoms. The van der Waals surface area contributed by atoms with E-state index in [9.17, 15) is 4.79 Å². The Balaban J connectivity index is 1.25. The zero-order valence-corrected chi connectivity index (χ0v) is 24.0. The third-order valence-electron chi connectivity index (χ3n) is 7.53. The molecule has 0 aromatic carbocycles. The fourth-order valence-corrected chi connectivity index (χ4v) is 5.18. The normalized spacial score (nSPS) is 18.1. The van der Waals surface area contributed by atoms with Crippen LogP contribution in [0.2, 0.25) is 0 Å². The summed E-state index contributed by atoms with van der Waals surface area (Å²) in [5.74, 6) is 2.06. The van der Waals surface area contributed by atoms with Crippen LogP contribution in [0.5, 0.6) is 5.75 Å². The molecule has 0 radical (unpaired) electrons. The molecular formula is C29H40N8O3. The van der Waals surface area contributed by atoms with E-state index in [0.717, 1.165) is 56.0 Å². The molecule has 1 atom stereocenters. The van der Waals surface area contributed by atoms with E-state index in [1.165, 1.54) is 19.3 Å². The largest absolute Gasteiger partial charge is 0.495 e. The van der Waals surface area contributed by atoms with Gasteiger partial charge in [0.1, 0.15) is 17.0 Å². The molecule has 1 aliphatic carbocycles. The smallest absolute Gasteiger partial charge is 0.410 e. The number of anilines is 1. The molecule has 2 aliphatic rings. The quantitative estimate of drug-likeness (QED) is 0.399. The predicted molar refractivity (Wildman–Crippen MR) is 151 cm³/mol. The molecule has 1 unspecified atom stereocenters. The van der Waals surface area contributed by atoms with Crippen molar-refractivity contribution >= 4 is 11.9 Å². The van der Waals surface area contributed by atoms with Crippen LogP contribution in [0.25, 0.3) is 11.3 Å². The van der Waals surface area contributed by atoms with Crippen molar-refractivity contribution in [3.05, 3.63) is 42.5 Å². The Morgan fingerprint density at radius 1 is 1.07 bits per heavy atom. The highest BCUT2D eigenvalue weighted by atomic mass is 16.6. The monoisotopic (exact) mass is 548 g/mol. The van der Waals surface area contributed by atoms with Gasteiger partial charge >= 0.3 is 6.09 Å². The van der Waals surface area contributed by atoms with Gasteiger partial charge in [-0.3, -0.25) is 4.98 Å². The van der Waals surface area contributed by atoms with Gasteiger partial charge in [-0.05, 0) is 77.0 Å². The first kappa shape index (κ1) is 27.8. The van der Waals surface area contributed by atoms with E-state index < -0.39 is 5.60 Å². The standard InChI is InChI=1S/C29H40N8O3/c1-29(2,3)40-28(38)37(17-21-8-7-9-21)24-10-5-6-13-35(19-24)27-12-11-23(31-33-27)18-36-20-26(32-34-36)22-14-25(39-4)16-30-15-22/h11-12,14-16,20-21,24H,5-10,13,17-19H2,1-4H3. The highest BCUT2D eigenvalue weighted by Crippen LogP contribution is 2.30. The molecule has 3 aromatic rings. The zero-order chi connectivity index (χ0) is 28.1. The molecule has 0 spiro atoms. The molecule has 1 saturated heterocycles. The molecule has 4 heterocycles. The van der Waals surface area contributed by atoms with Crippen LogP contribution in [0.4, 0.5) is 10.6 Å². The minimum atomic E-state index is -0.517. The van der Waals surface area contributed by atoms with E-state index in [1.807, 2.05) is 50.1 Å². The SMILES string of the molecule is COc1cncc(-c2cn(Cc3ccc(N4CCCCC(N(CC5CCC5)C(=O)OC(C)(C)C)C4)nn3)nn2)c1. The second kappa shape index (κ2) is 12.2. The molecule has 214 valence electrons. The zero-order valence-electron chi connectivity index (χ0n) is 24.0. The van der Waals surface area contributed by atoms with E-state index in [1.54, 1.807) is 24.2 Å². The fraction of sp³-hybridized carbons (Fsp3) is 0.586. The Morgan fingerprint density at radius 3 is 2.62 bits per heavy atom. The average Bonchev–Trinajstić information content (AvgIpc) is 3.23. The molecule has 2 fully saturated rings. The maximum atomic E-state index is 13.3. The lowest BCUT2D eigenvalue weighted by molar-refractivity contribution is 0.00895. The molecule has 3 aromatic heterocycles. The first-order chi connectivity index (χ1) is 19.3. The minimum Gasteiger partial charge on any atom is -0.495 e. The number of hydrogen-bond acceptors (Lipinski definition) is 9. The molecular weight excluding hydrogens is 508 g/mol. The lowest BCUT2D eigenvalue weighted by atomic mass is 9.85. The first-order valence-corrected chi connectivity index (χ1v) is 14.2. The fourth-order valence-electron chi connectivity index (χ4n) is 5.18.